The van der Waals surface area contributed by atoms with Crippen LogP contribution in [0.1, 0.15) is 20.8 Å². The van der Waals surface area contributed by atoms with E-state index in [9.17, 15) is 0 Å². The molecule has 2 aromatic rings. The predicted octanol–water partition coefficient (Wildman–Crippen LogP) is 2.96. The van der Waals surface area contributed by atoms with Gasteiger partial charge in [0.05, 0.1) is 13.2 Å². The fourth-order valence-corrected chi connectivity index (χ4v) is 7.74. The molecule has 2 nitrogen and oxygen atoms in total. The molecule has 0 radical (unpaired) electrons. The van der Waals surface area contributed by atoms with E-state index < -0.39 is 8.32 Å². The van der Waals surface area contributed by atoms with Crippen LogP contribution in [0.15, 0.2) is 60.7 Å². The van der Waals surface area contributed by atoms with Gasteiger partial charge < -0.3 is 9.16 Å². The van der Waals surface area contributed by atoms with E-state index in [1.54, 1.807) is 0 Å². The topological polar surface area (TPSA) is 21.8 Å². The summed E-state index contributed by atoms with van der Waals surface area (Å²) >= 11 is 0. The molecule has 0 aliphatic carbocycles. The second-order valence-electron chi connectivity index (χ2n) is 6.93. The molecule has 1 aliphatic rings. The van der Waals surface area contributed by atoms with Crippen molar-refractivity contribution in [3.05, 3.63) is 60.7 Å². The van der Waals surface area contributed by atoms with Gasteiger partial charge in [-0.2, -0.15) is 0 Å². The first kappa shape index (κ1) is 15.5. The lowest BCUT2D eigenvalue weighted by Crippen LogP contribution is -2.66. The Balaban J connectivity index is 2.12. The molecule has 0 N–H and O–H groups in total. The summed E-state index contributed by atoms with van der Waals surface area (Å²) in [5.41, 5.74) is 0. The number of benzene rings is 2. The van der Waals surface area contributed by atoms with Crippen molar-refractivity contribution < 1.29 is 9.16 Å². The lowest BCUT2D eigenvalue weighted by Gasteiger charge is -2.43. The maximum absolute atomic E-state index is 6.70. The normalized spacial score (nSPS) is 18.2. The van der Waals surface area contributed by atoms with E-state index in [0.717, 1.165) is 6.61 Å². The number of hydrogen-bond donors (Lipinski definition) is 0. The summed E-state index contributed by atoms with van der Waals surface area (Å²) < 4.78 is 12.1. The van der Waals surface area contributed by atoms with Crippen molar-refractivity contribution in [1.82, 2.24) is 0 Å². The summed E-state index contributed by atoms with van der Waals surface area (Å²) in [6.07, 6.45) is 0.279. The van der Waals surface area contributed by atoms with Gasteiger partial charge in [0.1, 0.15) is 6.10 Å². The average molecular weight is 312 g/mol. The number of hydrogen-bond acceptors (Lipinski definition) is 2. The van der Waals surface area contributed by atoms with Crippen LogP contribution in [0, 0.1) is 0 Å². The molecule has 3 rings (SSSR count). The van der Waals surface area contributed by atoms with Crippen LogP contribution in [-0.2, 0) is 9.16 Å². The lowest BCUT2D eigenvalue weighted by molar-refractivity contribution is 0.250. The maximum atomic E-state index is 6.70. The second kappa shape index (κ2) is 5.99. The van der Waals surface area contributed by atoms with Crippen molar-refractivity contribution >= 4 is 18.7 Å². The van der Waals surface area contributed by atoms with E-state index >= 15 is 0 Å². The largest absolute Gasteiger partial charge is 0.405 e. The van der Waals surface area contributed by atoms with Gasteiger partial charge in [-0.25, -0.2) is 0 Å². The number of rotatable bonds is 5. The second-order valence-corrected chi connectivity index (χ2v) is 11.2. The zero-order chi connectivity index (χ0) is 15.6. The molecule has 0 amide bonds. The summed E-state index contributed by atoms with van der Waals surface area (Å²) in [4.78, 5) is 0. The smallest absolute Gasteiger partial charge is 0.261 e. The van der Waals surface area contributed by atoms with E-state index in [-0.39, 0.29) is 11.1 Å². The molecule has 1 heterocycles. The van der Waals surface area contributed by atoms with E-state index in [0.29, 0.717) is 6.61 Å². The Kier molecular flexibility index (Phi) is 4.21. The Hall–Kier alpha value is -1.42. The van der Waals surface area contributed by atoms with E-state index in [1.807, 2.05) is 0 Å². The highest BCUT2D eigenvalue weighted by atomic mass is 28.4. The zero-order valence-corrected chi connectivity index (χ0v) is 14.6. The Labute approximate surface area is 134 Å². The lowest BCUT2D eigenvalue weighted by atomic mass is 10.2. The van der Waals surface area contributed by atoms with Crippen molar-refractivity contribution in [2.45, 2.75) is 31.9 Å². The highest BCUT2D eigenvalue weighted by Crippen LogP contribution is 2.37. The molecule has 0 spiro atoms. The van der Waals surface area contributed by atoms with Gasteiger partial charge in [-0.1, -0.05) is 81.4 Å². The summed E-state index contributed by atoms with van der Waals surface area (Å²) in [6.45, 7) is 8.42. The summed E-state index contributed by atoms with van der Waals surface area (Å²) in [6, 6.07) is 21.5. The van der Waals surface area contributed by atoms with Crippen molar-refractivity contribution in [1.29, 1.82) is 0 Å². The van der Waals surface area contributed by atoms with Gasteiger partial charge in [0.15, 0.2) is 0 Å². The van der Waals surface area contributed by atoms with E-state index in [4.69, 9.17) is 9.16 Å². The minimum atomic E-state index is -2.35. The Bertz CT molecular complexity index is 561. The Morgan fingerprint density at radius 1 is 0.955 bits per heavy atom. The van der Waals surface area contributed by atoms with Crippen LogP contribution in [0.5, 0.6) is 0 Å². The molecule has 1 atom stereocenters. The van der Waals surface area contributed by atoms with Crippen LogP contribution in [0.4, 0.5) is 0 Å². The number of ether oxygens (including phenoxy) is 1. The van der Waals surface area contributed by atoms with Crippen LogP contribution >= 0.6 is 0 Å². The van der Waals surface area contributed by atoms with Gasteiger partial charge in [0.2, 0.25) is 0 Å². The molecule has 1 unspecified atom stereocenters. The van der Waals surface area contributed by atoms with Crippen molar-refractivity contribution in [3.63, 3.8) is 0 Å². The SMILES string of the molecule is CC(C)(C)[Si](OCC1CO1)(c1ccccc1)c1ccccc1. The van der Waals surface area contributed by atoms with Gasteiger partial charge in [-0.05, 0) is 15.4 Å². The predicted molar refractivity (Wildman–Crippen MR) is 93.3 cm³/mol. The van der Waals surface area contributed by atoms with Gasteiger partial charge in [0.25, 0.3) is 8.32 Å². The minimum Gasteiger partial charge on any atom is -0.405 e. The van der Waals surface area contributed by atoms with Crippen LogP contribution in [0.3, 0.4) is 0 Å². The third-order valence-corrected chi connectivity index (χ3v) is 9.31. The molecule has 1 aliphatic heterocycles. The van der Waals surface area contributed by atoms with Crippen LogP contribution < -0.4 is 10.4 Å². The zero-order valence-electron chi connectivity index (χ0n) is 13.6. The van der Waals surface area contributed by atoms with Gasteiger partial charge in [-0.15, -0.1) is 0 Å². The minimum absolute atomic E-state index is 0.0462. The molecule has 0 aromatic heterocycles. The summed E-state index contributed by atoms with van der Waals surface area (Å²) in [7, 11) is -2.35. The molecule has 3 heteroatoms. The molecule has 0 bridgehead atoms. The van der Waals surface area contributed by atoms with E-state index in [1.165, 1.54) is 10.4 Å². The van der Waals surface area contributed by atoms with Gasteiger partial charge in [-0.3, -0.25) is 0 Å². The van der Waals surface area contributed by atoms with Crippen LogP contribution in [0.25, 0.3) is 0 Å². The first-order valence-corrected chi connectivity index (χ1v) is 9.81. The first-order chi connectivity index (χ1) is 10.5. The van der Waals surface area contributed by atoms with Crippen LogP contribution in [-0.4, -0.2) is 27.6 Å². The number of epoxide rings is 1. The third-order valence-electron chi connectivity index (χ3n) is 4.30. The van der Waals surface area contributed by atoms with E-state index in [2.05, 4.69) is 81.4 Å². The van der Waals surface area contributed by atoms with Gasteiger partial charge >= 0.3 is 0 Å². The fourth-order valence-electron chi connectivity index (χ4n) is 3.14. The molecule has 1 fully saturated rings. The van der Waals surface area contributed by atoms with Crippen LogP contribution in [0.2, 0.25) is 5.04 Å². The highest BCUT2D eigenvalue weighted by Gasteiger charge is 2.50. The van der Waals surface area contributed by atoms with Crippen molar-refractivity contribution in [2.75, 3.05) is 13.2 Å². The van der Waals surface area contributed by atoms with Crippen molar-refractivity contribution in [3.8, 4) is 0 Å². The molecule has 0 saturated carbocycles. The van der Waals surface area contributed by atoms with Crippen molar-refractivity contribution in [2.24, 2.45) is 0 Å². The third kappa shape index (κ3) is 2.89. The molecule has 1 saturated heterocycles. The summed E-state index contributed by atoms with van der Waals surface area (Å²) in [5.74, 6) is 0. The Morgan fingerprint density at radius 3 is 1.77 bits per heavy atom. The Morgan fingerprint density at radius 2 is 1.41 bits per heavy atom. The fraction of sp³-hybridized carbons (Fsp3) is 0.368. The quantitative estimate of drug-likeness (QED) is 0.625. The monoisotopic (exact) mass is 312 g/mol. The molecule has 2 aromatic carbocycles. The average Bonchev–Trinajstić information content (AvgIpc) is 3.33. The van der Waals surface area contributed by atoms with Gasteiger partial charge in [0, 0.05) is 0 Å². The molecule has 116 valence electrons. The molecule has 22 heavy (non-hydrogen) atoms. The molecular weight excluding hydrogens is 288 g/mol. The molecular formula is C19H24O2Si. The summed E-state index contributed by atoms with van der Waals surface area (Å²) in [5, 5.41) is 2.70. The highest BCUT2D eigenvalue weighted by molar-refractivity contribution is 6.99. The first-order valence-electron chi connectivity index (χ1n) is 7.91. The maximum Gasteiger partial charge on any atom is 0.261 e. The standard InChI is InChI=1S/C19H24O2Si/c1-19(2,3)22(21-15-16-14-20-16,17-10-6-4-7-11-17)18-12-8-5-9-13-18/h4-13,16H,14-15H2,1-3H3.